The summed E-state index contributed by atoms with van der Waals surface area (Å²) in [4.78, 5) is 31.9. The Labute approximate surface area is 161 Å². The van der Waals surface area contributed by atoms with Crippen LogP contribution in [0.5, 0.6) is 0 Å². The van der Waals surface area contributed by atoms with Crippen molar-refractivity contribution in [1.29, 1.82) is 0 Å². The van der Waals surface area contributed by atoms with E-state index in [-0.39, 0.29) is 30.6 Å². The molecule has 1 atom stereocenters. The molecule has 3 amide bonds. The van der Waals surface area contributed by atoms with E-state index < -0.39 is 5.54 Å². The van der Waals surface area contributed by atoms with Crippen molar-refractivity contribution in [2.75, 3.05) is 26.2 Å². The lowest BCUT2D eigenvalue weighted by atomic mass is 9.85. The maximum absolute atomic E-state index is 13.3. The van der Waals surface area contributed by atoms with E-state index in [1.54, 1.807) is 0 Å². The van der Waals surface area contributed by atoms with Crippen LogP contribution in [-0.2, 0) is 11.2 Å². The summed E-state index contributed by atoms with van der Waals surface area (Å²) in [6.45, 7) is 7.87. The number of imide groups is 1. The summed E-state index contributed by atoms with van der Waals surface area (Å²) in [5.74, 6) is -0.0492. The maximum atomic E-state index is 13.3. The molecular formula is C21H31N3O3. The molecule has 2 aliphatic heterocycles. The molecule has 1 aromatic carbocycles. The molecule has 2 aliphatic rings. The molecule has 0 saturated carbocycles. The molecule has 148 valence electrons. The molecule has 0 aromatic heterocycles. The molecule has 6 heteroatoms. The van der Waals surface area contributed by atoms with Crippen molar-refractivity contribution in [1.82, 2.24) is 14.7 Å². The molecule has 27 heavy (non-hydrogen) atoms. The normalized spacial score (nSPS) is 21.5. The van der Waals surface area contributed by atoms with E-state index in [2.05, 4.69) is 17.0 Å². The Morgan fingerprint density at radius 3 is 2.26 bits per heavy atom. The molecule has 0 unspecified atom stereocenters. The van der Waals surface area contributed by atoms with Crippen molar-refractivity contribution in [3.8, 4) is 0 Å². The summed E-state index contributed by atoms with van der Waals surface area (Å²) in [7, 11) is 0. The van der Waals surface area contributed by atoms with Crippen molar-refractivity contribution in [3.05, 3.63) is 35.9 Å². The van der Waals surface area contributed by atoms with Gasteiger partial charge in [-0.3, -0.25) is 14.6 Å². The Morgan fingerprint density at radius 2 is 1.70 bits per heavy atom. The van der Waals surface area contributed by atoms with Gasteiger partial charge in [-0.15, -0.1) is 0 Å². The van der Waals surface area contributed by atoms with E-state index in [1.807, 2.05) is 43.9 Å². The smallest absolute Gasteiger partial charge is 0.327 e. The minimum Gasteiger partial charge on any atom is -0.395 e. The van der Waals surface area contributed by atoms with Gasteiger partial charge in [-0.1, -0.05) is 30.3 Å². The summed E-state index contributed by atoms with van der Waals surface area (Å²) in [5, 5.41) is 9.43. The number of carbonyl (C=O) groups excluding carboxylic acids is 2. The van der Waals surface area contributed by atoms with E-state index in [4.69, 9.17) is 0 Å². The highest BCUT2D eigenvalue weighted by atomic mass is 16.3. The summed E-state index contributed by atoms with van der Waals surface area (Å²) in [5.41, 5.74) is 0.434. The van der Waals surface area contributed by atoms with Crippen molar-refractivity contribution < 1.29 is 14.7 Å². The summed E-state index contributed by atoms with van der Waals surface area (Å²) in [6, 6.07) is 9.87. The third-order valence-corrected chi connectivity index (χ3v) is 6.07. The lowest BCUT2D eigenvalue weighted by Crippen LogP contribution is -2.58. The number of carbonyl (C=O) groups is 2. The number of aliphatic hydroxyl groups excluding tert-OH is 1. The number of piperidine rings is 1. The number of hydrogen-bond donors (Lipinski definition) is 1. The molecule has 1 aromatic rings. The Kier molecular flexibility index (Phi) is 5.86. The number of rotatable bonds is 6. The molecule has 1 N–H and O–H groups in total. The standard InChI is InChI=1S/C21H31N3O3/c1-16(2)24-19(26)21(10-13-22(14-11-21)17(3)15-25)23(20(24)27)12-9-18-7-5-4-6-8-18/h4-8,16-17,25H,9-15H2,1-3H3/t17-/m0/s1. The zero-order valence-electron chi connectivity index (χ0n) is 16.6. The van der Waals surface area contributed by atoms with Crippen molar-refractivity contribution in [2.24, 2.45) is 0 Å². The van der Waals surface area contributed by atoms with Crippen molar-refractivity contribution in [3.63, 3.8) is 0 Å². The van der Waals surface area contributed by atoms with Gasteiger partial charge in [0.15, 0.2) is 0 Å². The van der Waals surface area contributed by atoms with Gasteiger partial charge in [0.2, 0.25) is 0 Å². The predicted molar refractivity (Wildman–Crippen MR) is 104 cm³/mol. The van der Waals surface area contributed by atoms with Crippen LogP contribution in [0.25, 0.3) is 0 Å². The first-order chi connectivity index (χ1) is 12.9. The van der Waals surface area contributed by atoms with Crippen molar-refractivity contribution >= 4 is 11.9 Å². The zero-order chi connectivity index (χ0) is 19.6. The SMILES string of the molecule is CC(C)N1C(=O)N(CCc2ccccc2)C2(CCN([C@@H](C)CO)CC2)C1=O. The van der Waals surface area contributed by atoms with Crippen molar-refractivity contribution in [2.45, 2.75) is 57.7 Å². The molecule has 0 bridgehead atoms. The van der Waals surface area contributed by atoms with Crippen LogP contribution in [-0.4, -0.2) is 75.6 Å². The van der Waals surface area contributed by atoms with Crippen LogP contribution in [0, 0.1) is 0 Å². The van der Waals surface area contributed by atoms with Gasteiger partial charge in [-0.05, 0) is 45.6 Å². The highest BCUT2D eigenvalue weighted by Gasteiger charge is 2.58. The zero-order valence-corrected chi connectivity index (χ0v) is 16.6. The molecule has 1 spiro atoms. The highest BCUT2D eigenvalue weighted by molar-refractivity contribution is 6.07. The number of benzene rings is 1. The summed E-state index contributed by atoms with van der Waals surface area (Å²) < 4.78 is 0. The van der Waals surface area contributed by atoms with Crippen LogP contribution in [0.2, 0.25) is 0 Å². The van der Waals surface area contributed by atoms with Crippen LogP contribution < -0.4 is 0 Å². The average molecular weight is 373 g/mol. The minimum atomic E-state index is -0.734. The fourth-order valence-electron chi connectivity index (χ4n) is 4.32. The molecule has 0 aliphatic carbocycles. The number of nitrogens with zero attached hydrogens (tertiary/aromatic N) is 3. The first-order valence-corrected chi connectivity index (χ1v) is 9.95. The van der Waals surface area contributed by atoms with Crippen LogP contribution in [0.1, 0.15) is 39.2 Å². The topological polar surface area (TPSA) is 64.1 Å². The molecular weight excluding hydrogens is 342 g/mol. The first kappa shape index (κ1) is 19.8. The summed E-state index contributed by atoms with van der Waals surface area (Å²) in [6.07, 6.45) is 1.99. The predicted octanol–water partition coefficient (Wildman–Crippen LogP) is 2.12. The second-order valence-electron chi connectivity index (χ2n) is 8.04. The van der Waals surface area contributed by atoms with Gasteiger partial charge < -0.3 is 10.0 Å². The second-order valence-corrected chi connectivity index (χ2v) is 8.04. The fraction of sp³-hybridized carbons (Fsp3) is 0.619. The third kappa shape index (κ3) is 3.60. The lowest BCUT2D eigenvalue weighted by Gasteiger charge is -2.43. The van der Waals surface area contributed by atoms with Crippen LogP contribution in [0.15, 0.2) is 30.3 Å². The van der Waals surface area contributed by atoms with E-state index in [1.165, 1.54) is 10.5 Å². The van der Waals surface area contributed by atoms with E-state index >= 15 is 0 Å². The van der Waals surface area contributed by atoms with E-state index in [0.717, 1.165) is 6.42 Å². The Hall–Kier alpha value is -1.92. The van der Waals surface area contributed by atoms with Crippen LogP contribution in [0.4, 0.5) is 4.79 Å². The lowest BCUT2D eigenvalue weighted by molar-refractivity contribution is -0.137. The molecule has 2 heterocycles. The number of likely N-dealkylation sites (tertiary alicyclic amines) is 1. The molecule has 2 fully saturated rings. The number of aliphatic hydroxyl groups is 1. The fourth-order valence-corrected chi connectivity index (χ4v) is 4.32. The monoisotopic (exact) mass is 373 g/mol. The van der Waals surface area contributed by atoms with Gasteiger partial charge in [-0.25, -0.2) is 4.79 Å². The number of amides is 3. The number of hydrogen-bond acceptors (Lipinski definition) is 4. The molecule has 6 nitrogen and oxygen atoms in total. The second kappa shape index (κ2) is 7.98. The molecule has 3 rings (SSSR count). The van der Waals surface area contributed by atoms with Gasteiger partial charge in [0, 0.05) is 31.7 Å². The van der Waals surface area contributed by atoms with Gasteiger partial charge in [0.05, 0.1) is 6.61 Å². The van der Waals surface area contributed by atoms with Gasteiger partial charge in [0.25, 0.3) is 5.91 Å². The van der Waals surface area contributed by atoms with Crippen LogP contribution in [0.3, 0.4) is 0 Å². The minimum absolute atomic E-state index is 0.0492. The van der Waals surface area contributed by atoms with Crippen LogP contribution >= 0.6 is 0 Å². The Balaban J connectivity index is 1.82. The largest absolute Gasteiger partial charge is 0.395 e. The maximum Gasteiger partial charge on any atom is 0.327 e. The van der Waals surface area contributed by atoms with Gasteiger partial charge in [0.1, 0.15) is 5.54 Å². The Morgan fingerprint density at radius 1 is 1.07 bits per heavy atom. The quantitative estimate of drug-likeness (QED) is 0.776. The van der Waals surface area contributed by atoms with Gasteiger partial charge >= 0.3 is 6.03 Å². The molecule has 2 saturated heterocycles. The van der Waals surface area contributed by atoms with Gasteiger partial charge in [-0.2, -0.15) is 0 Å². The Bertz CT molecular complexity index is 669. The number of urea groups is 1. The highest BCUT2D eigenvalue weighted by Crippen LogP contribution is 2.38. The van der Waals surface area contributed by atoms with E-state index in [0.29, 0.717) is 32.5 Å². The third-order valence-electron chi connectivity index (χ3n) is 6.07. The summed E-state index contributed by atoms with van der Waals surface area (Å²) >= 11 is 0. The van der Waals surface area contributed by atoms with E-state index in [9.17, 15) is 14.7 Å². The molecule has 0 radical (unpaired) electrons. The first-order valence-electron chi connectivity index (χ1n) is 9.95. The average Bonchev–Trinajstić information content (AvgIpc) is 2.87.